The van der Waals surface area contributed by atoms with Crippen LogP contribution in [0.1, 0.15) is 37.5 Å². The lowest BCUT2D eigenvalue weighted by atomic mass is 9.76. The van der Waals surface area contributed by atoms with E-state index in [2.05, 4.69) is 5.32 Å². The molecular formula is C14H19NO3S. The van der Waals surface area contributed by atoms with E-state index in [4.69, 9.17) is 0 Å². The van der Waals surface area contributed by atoms with Gasteiger partial charge < -0.3 is 10.4 Å². The zero-order chi connectivity index (χ0) is 13.9. The predicted molar refractivity (Wildman–Crippen MR) is 74.2 cm³/mol. The van der Waals surface area contributed by atoms with Gasteiger partial charge in [0.1, 0.15) is 5.54 Å². The molecule has 19 heavy (non-hydrogen) atoms. The second-order valence-corrected chi connectivity index (χ2v) is 6.43. The molecule has 0 aliphatic heterocycles. The highest BCUT2D eigenvalue weighted by Gasteiger charge is 2.43. The van der Waals surface area contributed by atoms with Gasteiger partial charge in [-0.1, -0.05) is 25.8 Å². The van der Waals surface area contributed by atoms with E-state index in [1.54, 1.807) is 0 Å². The van der Waals surface area contributed by atoms with Gasteiger partial charge in [-0.2, -0.15) is 0 Å². The van der Waals surface area contributed by atoms with Crippen LogP contribution in [0.4, 0.5) is 0 Å². The minimum absolute atomic E-state index is 0.195. The molecule has 1 heterocycles. The summed E-state index contributed by atoms with van der Waals surface area (Å²) in [6, 6.07) is 3.78. The molecule has 0 saturated heterocycles. The molecule has 5 heteroatoms. The first-order valence-electron chi connectivity index (χ1n) is 6.59. The molecule has 1 aliphatic rings. The molecule has 1 aromatic heterocycles. The summed E-state index contributed by atoms with van der Waals surface area (Å²) in [6.07, 6.45) is 3.21. The first kappa shape index (κ1) is 14.1. The number of carboxylic acids is 1. The highest BCUT2D eigenvalue weighted by molar-refractivity contribution is 7.10. The molecule has 0 aromatic carbocycles. The Bertz CT molecular complexity index is 457. The van der Waals surface area contributed by atoms with Gasteiger partial charge in [0.25, 0.3) is 0 Å². The van der Waals surface area contributed by atoms with E-state index in [-0.39, 0.29) is 12.3 Å². The number of carbonyl (C=O) groups is 2. The van der Waals surface area contributed by atoms with Crippen molar-refractivity contribution in [3.8, 4) is 0 Å². The van der Waals surface area contributed by atoms with Crippen LogP contribution in [-0.4, -0.2) is 22.5 Å². The molecule has 1 fully saturated rings. The topological polar surface area (TPSA) is 66.4 Å². The molecule has 1 aromatic rings. The van der Waals surface area contributed by atoms with E-state index in [0.717, 1.165) is 17.7 Å². The number of carboxylic acid groups (broad SMARTS) is 1. The first-order valence-corrected chi connectivity index (χ1v) is 7.46. The van der Waals surface area contributed by atoms with E-state index in [9.17, 15) is 14.7 Å². The molecule has 1 saturated carbocycles. The number of hydrogen-bond acceptors (Lipinski definition) is 3. The largest absolute Gasteiger partial charge is 0.480 e. The van der Waals surface area contributed by atoms with Gasteiger partial charge in [0, 0.05) is 4.88 Å². The summed E-state index contributed by atoms with van der Waals surface area (Å²) in [6.45, 7) is 2.04. The molecule has 2 atom stereocenters. The molecule has 2 unspecified atom stereocenters. The lowest BCUT2D eigenvalue weighted by molar-refractivity contribution is -0.150. The second kappa shape index (κ2) is 5.74. The van der Waals surface area contributed by atoms with Crippen molar-refractivity contribution < 1.29 is 14.7 Å². The van der Waals surface area contributed by atoms with Gasteiger partial charge in [-0.15, -0.1) is 11.3 Å². The van der Waals surface area contributed by atoms with Gasteiger partial charge in [0.15, 0.2) is 0 Å². The van der Waals surface area contributed by atoms with Gasteiger partial charge in [-0.25, -0.2) is 4.79 Å². The van der Waals surface area contributed by atoms with Crippen LogP contribution in [0.3, 0.4) is 0 Å². The Hall–Kier alpha value is -1.36. The maximum Gasteiger partial charge on any atom is 0.329 e. The molecule has 0 spiro atoms. The fraction of sp³-hybridized carbons (Fsp3) is 0.571. The van der Waals surface area contributed by atoms with Gasteiger partial charge >= 0.3 is 5.97 Å². The Morgan fingerprint density at radius 1 is 1.58 bits per heavy atom. The lowest BCUT2D eigenvalue weighted by Gasteiger charge is -2.37. The first-order chi connectivity index (χ1) is 9.02. The van der Waals surface area contributed by atoms with Crippen LogP contribution in [0.15, 0.2) is 17.5 Å². The van der Waals surface area contributed by atoms with Crippen LogP contribution >= 0.6 is 11.3 Å². The number of nitrogens with one attached hydrogen (secondary N) is 1. The quantitative estimate of drug-likeness (QED) is 0.891. The minimum atomic E-state index is -1.06. The van der Waals surface area contributed by atoms with Crippen LogP contribution < -0.4 is 5.32 Å². The average molecular weight is 281 g/mol. The van der Waals surface area contributed by atoms with Gasteiger partial charge in [0.2, 0.25) is 5.91 Å². The zero-order valence-electron chi connectivity index (χ0n) is 11.0. The maximum absolute atomic E-state index is 12.0. The maximum atomic E-state index is 12.0. The summed E-state index contributed by atoms with van der Waals surface area (Å²) < 4.78 is 0. The average Bonchev–Trinajstić information content (AvgIpc) is 2.81. The van der Waals surface area contributed by atoms with Gasteiger partial charge in [-0.05, 0) is 30.2 Å². The van der Waals surface area contributed by atoms with Crippen molar-refractivity contribution in [2.75, 3.05) is 0 Å². The van der Waals surface area contributed by atoms with Gasteiger partial charge in [0.05, 0.1) is 6.42 Å². The fourth-order valence-corrected chi connectivity index (χ4v) is 3.50. The van der Waals surface area contributed by atoms with E-state index in [0.29, 0.717) is 18.8 Å². The number of aliphatic carboxylic acids is 1. The minimum Gasteiger partial charge on any atom is -0.480 e. The van der Waals surface area contributed by atoms with Crippen molar-refractivity contribution in [1.29, 1.82) is 0 Å². The number of rotatable bonds is 4. The number of hydrogen-bond donors (Lipinski definition) is 2. The Morgan fingerprint density at radius 2 is 2.37 bits per heavy atom. The summed E-state index contributed by atoms with van der Waals surface area (Å²) in [4.78, 5) is 24.5. The SMILES string of the molecule is CC1CCCC(NC(=O)Cc2cccs2)(C(=O)O)C1. The lowest BCUT2D eigenvalue weighted by Crippen LogP contribution is -2.57. The Balaban J connectivity index is 2.04. The molecule has 0 radical (unpaired) electrons. The van der Waals surface area contributed by atoms with Crippen molar-refractivity contribution in [1.82, 2.24) is 5.32 Å². The summed E-state index contributed by atoms with van der Waals surface area (Å²) in [5.74, 6) is -0.760. The molecule has 1 amide bonds. The third-order valence-corrected chi connectivity index (χ3v) is 4.58. The van der Waals surface area contributed by atoms with E-state index in [1.807, 2.05) is 24.4 Å². The Morgan fingerprint density at radius 3 is 2.95 bits per heavy atom. The van der Waals surface area contributed by atoms with Crippen molar-refractivity contribution >= 4 is 23.2 Å². The summed E-state index contributed by atoms with van der Waals surface area (Å²) in [5.41, 5.74) is -1.06. The summed E-state index contributed by atoms with van der Waals surface area (Å²) in [7, 11) is 0. The molecule has 1 aliphatic carbocycles. The summed E-state index contributed by atoms with van der Waals surface area (Å²) in [5, 5.41) is 14.2. The molecule has 2 N–H and O–H groups in total. The third kappa shape index (κ3) is 3.35. The molecule has 104 valence electrons. The highest BCUT2D eigenvalue weighted by atomic mass is 32.1. The van der Waals surface area contributed by atoms with Gasteiger partial charge in [-0.3, -0.25) is 4.79 Å². The monoisotopic (exact) mass is 281 g/mol. The van der Waals surface area contributed by atoms with Crippen molar-refractivity contribution in [3.63, 3.8) is 0 Å². The number of carbonyl (C=O) groups excluding carboxylic acids is 1. The van der Waals surface area contributed by atoms with Crippen LogP contribution in [0.2, 0.25) is 0 Å². The smallest absolute Gasteiger partial charge is 0.329 e. The van der Waals surface area contributed by atoms with Crippen molar-refractivity contribution in [2.24, 2.45) is 5.92 Å². The molecule has 4 nitrogen and oxygen atoms in total. The van der Waals surface area contributed by atoms with Crippen LogP contribution in [0.25, 0.3) is 0 Å². The third-order valence-electron chi connectivity index (χ3n) is 3.70. The van der Waals surface area contributed by atoms with E-state index < -0.39 is 11.5 Å². The van der Waals surface area contributed by atoms with Crippen molar-refractivity contribution in [3.05, 3.63) is 22.4 Å². The number of amides is 1. The zero-order valence-corrected chi connectivity index (χ0v) is 11.8. The molecule has 2 rings (SSSR count). The standard InChI is InChI=1S/C14H19NO3S/c1-10-4-2-6-14(9-10,13(17)18)15-12(16)8-11-5-3-7-19-11/h3,5,7,10H,2,4,6,8-9H2,1H3,(H,15,16)(H,17,18). The number of thiophene rings is 1. The molecule has 0 bridgehead atoms. The second-order valence-electron chi connectivity index (χ2n) is 5.39. The summed E-state index contributed by atoms with van der Waals surface area (Å²) >= 11 is 1.51. The highest BCUT2D eigenvalue weighted by Crippen LogP contribution is 2.32. The Labute approximate surface area is 116 Å². The van der Waals surface area contributed by atoms with Crippen molar-refractivity contribution in [2.45, 2.75) is 44.6 Å². The Kier molecular flexibility index (Phi) is 4.24. The van der Waals surface area contributed by atoms with Crippen LogP contribution in [-0.2, 0) is 16.0 Å². The van der Waals surface area contributed by atoms with E-state index in [1.165, 1.54) is 11.3 Å². The van der Waals surface area contributed by atoms with Crippen LogP contribution in [0, 0.1) is 5.92 Å². The normalized spacial score (nSPS) is 26.9. The van der Waals surface area contributed by atoms with E-state index >= 15 is 0 Å². The predicted octanol–water partition coefficient (Wildman–Crippen LogP) is 2.44. The van der Waals surface area contributed by atoms with Crippen LogP contribution in [0.5, 0.6) is 0 Å². The molecular weight excluding hydrogens is 262 g/mol. The fourth-order valence-electron chi connectivity index (χ4n) is 2.80.